The lowest BCUT2D eigenvalue weighted by atomic mass is 10.1. The van der Waals surface area contributed by atoms with E-state index >= 15 is 0 Å². The summed E-state index contributed by atoms with van der Waals surface area (Å²) in [5.74, 6) is 0.525. The van der Waals surface area contributed by atoms with Crippen LogP contribution in [0.1, 0.15) is 24.9 Å². The molecule has 2 unspecified atom stereocenters. The van der Waals surface area contributed by atoms with E-state index in [2.05, 4.69) is 15.6 Å². The molecule has 1 aliphatic rings. The molecule has 1 aromatic carbocycles. The van der Waals surface area contributed by atoms with Gasteiger partial charge in [-0.3, -0.25) is 9.89 Å². The van der Waals surface area contributed by atoms with Crippen molar-refractivity contribution < 1.29 is 13.2 Å². The lowest BCUT2D eigenvalue weighted by Gasteiger charge is -2.22. The predicted molar refractivity (Wildman–Crippen MR) is 95.4 cm³/mol. The maximum Gasteiger partial charge on any atom is 0.401 e. The summed E-state index contributed by atoms with van der Waals surface area (Å²) in [5.41, 5.74) is 0.860. The third kappa shape index (κ3) is 6.24. The highest BCUT2D eigenvalue weighted by Gasteiger charge is 2.34. The Balaban J connectivity index is 1.91. The van der Waals surface area contributed by atoms with Crippen molar-refractivity contribution in [3.8, 4) is 0 Å². The summed E-state index contributed by atoms with van der Waals surface area (Å²) in [6, 6.07) is 5.03. The first-order valence-corrected chi connectivity index (χ1v) is 8.67. The normalized spacial score (nSPS) is 20.6. The Morgan fingerprint density at radius 1 is 1.40 bits per heavy atom. The second-order valence-electron chi connectivity index (χ2n) is 6.08. The monoisotopic (exact) mass is 396 g/mol. The third-order valence-electron chi connectivity index (χ3n) is 4.02. The summed E-state index contributed by atoms with van der Waals surface area (Å²) in [4.78, 5) is 5.54. The van der Waals surface area contributed by atoms with Crippen LogP contribution in [-0.2, 0) is 0 Å². The SMILES string of the molecule is CN=C(NC1CCN(CC(F)(F)F)C1)NC(C)c1ccc(Cl)cc1Cl. The Bertz CT molecular complexity index is 622. The summed E-state index contributed by atoms with van der Waals surface area (Å²) < 4.78 is 37.4. The first kappa shape index (κ1) is 20.1. The fourth-order valence-corrected chi connectivity index (χ4v) is 3.42. The summed E-state index contributed by atoms with van der Waals surface area (Å²) in [6.45, 7) is 1.78. The van der Waals surface area contributed by atoms with Crippen LogP contribution in [0.3, 0.4) is 0 Å². The van der Waals surface area contributed by atoms with Crippen LogP contribution in [0.4, 0.5) is 13.2 Å². The van der Waals surface area contributed by atoms with Crippen molar-refractivity contribution in [2.75, 3.05) is 26.7 Å². The van der Waals surface area contributed by atoms with Gasteiger partial charge in [0.15, 0.2) is 5.96 Å². The number of nitrogens with zero attached hydrogens (tertiary/aromatic N) is 2. The van der Waals surface area contributed by atoms with Gasteiger partial charge in [-0.2, -0.15) is 13.2 Å². The number of benzene rings is 1. The van der Waals surface area contributed by atoms with Crippen LogP contribution in [0.15, 0.2) is 23.2 Å². The van der Waals surface area contributed by atoms with E-state index in [0.29, 0.717) is 35.5 Å². The van der Waals surface area contributed by atoms with Crippen molar-refractivity contribution >= 4 is 29.2 Å². The van der Waals surface area contributed by atoms with E-state index in [1.165, 1.54) is 4.90 Å². The molecule has 140 valence electrons. The largest absolute Gasteiger partial charge is 0.401 e. The van der Waals surface area contributed by atoms with Crippen molar-refractivity contribution in [3.63, 3.8) is 0 Å². The summed E-state index contributed by atoms with van der Waals surface area (Å²) >= 11 is 12.1. The van der Waals surface area contributed by atoms with Gasteiger partial charge < -0.3 is 10.6 Å². The van der Waals surface area contributed by atoms with E-state index in [4.69, 9.17) is 23.2 Å². The van der Waals surface area contributed by atoms with E-state index in [1.54, 1.807) is 19.2 Å². The van der Waals surface area contributed by atoms with Crippen LogP contribution >= 0.6 is 23.2 Å². The molecule has 2 N–H and O–H groups in total. The highest BCUT2D eigenvalue weighted by Crippen LogP contribution is 2.26. The van der Waals surface area contributed by atoms with Gasteiger partial charge in [-0.05, 0) is 31.0 Å². The number of guanidine groups is 1. The lowest BCUT2D eigenvalue weighted by molar-refractivity contribution is -0.143. The van der Waals surface area contributed by atoms with E-state index in [0.717, 1.165) is 5.56 Å². The number of likely N-dealkylation sites (tertiary alicyclic amines) is 1. The molecule has 0 saturated carbocycles. The first-order valence-electron chi connectivity index (χ1n) is 7.92. The number of nitrogens with one attached hydrogen (secondary N) is 2. The molecule has 1 fully saturated rings. The molecule has 4 nitrogen and oxygen atoms in total. The third-order valence-corrected chi connectivity index (χ3v) is 4.58. The van der Waals surface area contributed by atoms with E-state index in [9.17, 15) is 13.2 Å². The van der Waals surface area contributed by atoms with Crippen LogP contribution in [0, 0.1) is 0 Å². The molecule has 0 aromatic heterocycles. The number of alkyl halides is 3. The smallest absolute Gasteiger partial charge is 0.352 e. The molecule has 9 heteroatoms. The number of hydrogen-bond acceptors (Lipinski definition) is 2. The Morgan fingerprint density at radius 2 is 2.12 bits per heavy atom. The molecule has 0 radical (unpaired) electrons. The Hall–Kier alpha value is -1.18. The van der Waals surface area contributed by atoms with Crippen molar-refractivity contribution in [3.05, 3.63) is 33.8 Å². The lowest BCUT2D eigenvalue weighted by Crippen LogP contribution is -2.45. The van der Waals surface area contributed by atoms with Gasteiger partial charge in [0.25, 0.3) is 0 Å². The van der Waals surface area contributed by atoms with Gasteiger partial charge in [0.2, 0.25) is 0 Å². The van der Waals surface area contributed by atoms with Gasteiger partial charge in [0, 0.05) is 36.2 Å². The Morgan fingerprint density at radius 3 is 2.72 bits per heavy atom. The summed E-state index contributed by atoms with van der Waals surface area (Å²) in [6.07, 6.45) is -3.54. The van der Waals surface area contributed by atoms with Crippen molar-refractivity contribution in [2.24, 2.45) is 4.99 Å². The molecule has 1 aromatic rings. The minimum Gasteiger partial charge on any atom is -0.352 e. The van der Waals surface area contributed by atoms with Crippen molar-refractivity contribution in [1.82, 2.24) is 15.5 Å². The van der Waals surface area contributed by atoms with Gasteiger partial charge in [0.05, 0.1) is 12.6 Å². The quantitative estimate of drug-likeness (QED) is 0.599. The zero-order chi connectivity index (χ0) is 18.6. The zero-order valence-corrected chi connectivity index (χ0v) is 15.5. The minimum absolute atomic E-state index is 0.0820. The van der Waals surface area contributed by atoms with E-state index in [-0.39, 0.29) is 12.1 Å². The molecule has 1 aliphatic heterocycles. The highest BCUT2D eigenvalue weighted by molar-refractivity contribution is 6.35. The van der Waals surface area contributed by atoms with Crippen LogP contribution in [0.2, 0.25) is 10.0 Å². The standard InChI is InChI=1S/C16H21Cl2F3N4/c1-10(13-4-3-11(17)7-14(13)18)23-15(22-2)24-12-5-6-25(8-12)9-16(19,20)21/h3-4,7,10,12H,5-6,8-9H2,1-2H3,(H2,22,23,24). The van der Waals surface area contributed by atoms with Gasteiger partial charge in [0.1, 0.15) is 0 Å². The molecule has 1 saturated heterocycles. The first-order chi connectivity index (χ1) is 11.7. The van der Waals surface area contributed by atoms with Gasteiger partial charge >= 0.3 is 6.18 Å². The zero-order valence-electron chi connectivity index (χ0n) is 14.0. The molecular formula is C16H21Cl2F3N4. The van der Waals surface area contributed by atoms with Crippen LogP contribution in [0.5, 0.6) is 0 Å². The van der Waals surface area contributed by atoms with Gasteiger partial charge in [-0.25, -0.2) is 0 Å². The number of rotatable bonds is 4. The molecule has 2 rings (SSSR count). The number of aliphatic imine (C=N–C) groups is 1. The minimum atomic E-state index is -4.17. The Labute approximate surface area is 155 Å². The molecule has 0 bridgehead atoms. The van der Waals surface area contributed by atoms with Crippen molar-refractivity contribution in [2.45, 2.75) is 31.6 Å². The highest BCUT2D eigenvalue weighted by atomic mass is 35.5. The average Bonchev–Trinajstić information content (AvgIpc) is 2.91. The van der Waals surface area contributed by atoms with Gasteiger partial charge in [-0.1, -0.05) is 29.3 Å². The van der Waals surface area contributed by atoms with Crippen LogP contribution in [-0.4, -0.2) is 49.8 Å². The predicted octanol–water partition coefficient (Wildman–Crippen LogP) is 3.86. The summed E-state index contributed by atoms with van der Waals surface area (Å²) in [7, 11) is 1.62. The Kier molecular flexibility index (Phi) is 6.82. The maximum absolute atomic E-state index is 12.5. The second kappa shape index (κ2) is 8.47. The molecular weight excluding hydrogens is 376 g/mol. The number of hydrogen-bond donors (Lipinski definition) is 2. The van der Waals surface area contributed by atoms with Gasteiger partial charge in [-0.15, -0.1) is 0 Å². The number of halogens is 5. The summed E-state index contributed by atoms with van der Waals surface area (Å²) in [5, 5.41) is 7.47. The molecule has 2 atom stereocenters. The fourth-order valence-electron chi connectivity index (χ4n) is 2.85. The second-order valence-corrected chi connectivity index (χ2v) is 6.93. The average molecular weight is 397 g/mol. The molecule has 25 heavy (non-hydrogen) atoms. The molecule has 1 heterocycles. The molecule has 0 amide bonds. The van der Waals surface area contributed by atoms with E-state index < -0.39 is 12.7 Å². The maximum atomic E-state index is 12.5. The topological polar surface area (TPSA) is 39.7 Å². The molecule has 0 spiro atoms. The van der Waals surface area contributed by atoms with E-state index in [1.807, 2.05) is 13.0 Å². The van der Waals surface area contributed by atoms with Crippen molar-refractivity contribution in [1.29, 1.82) is 0 Å². The van der Waals surface area contributed by atoms with Crippen LogP contribution in [0.25, 0.3) is 0 Å². The fraction of sp³-hybridized carbons (Fsp3) is 0.562. The molecule has 0 aliphatic carbocycles. The van der Waals surface area contributed by atoms with Crippen LogP contribution < -0.4 is 10.6 Å².